The van der Waals surface area contributed by atoms with Gasteiger partial charge in [0.1, 0.15) is 6.26 Å². The van der Waals surface area contributed by atoms with Crippen LogP contribution < -0.4 is 0 Å². The molecule has 1 saturated heterocycles. The molecule has 5 nitrogen and oxygen atoms in total. The summed E-state index contributed by atoms with van der Waals surface area (Å²) in [4.78, 5) is 26.7. The molecule has 2 aromatic rings. The molecule has 0 spiro atoms. The van der Waals surface area contributed by atoms with Crippen molar-refractivity contribution in [1.82, 2.24) is 10.1 Å². The van der Waals surface area contributed by atoms with E-state index < -0.39 is 0 Å². The Morgan fingerprint density at radius 1 is 1.16 bits per heavy atom. The normalized spacial score (nSPS) is 15.6. The number of hydrogen-bond donors (Lipinski definition) is 0. The van der Waals surface area contributed by atoms with E-state index in [-0.39, 0.29) is 17.6 Å². The molecule has 0 aliphatic carbocycles. The minimum Gasteiger partial charge on any atom is -0.364 e. The van der Waals surface area contributed by atoms with Gasteiger partial charge in [0.05, 0.1) is 0 Å². The Labute approximate surface area is 148 Å². The van der Waals surface area contributed by atoms with Crippen LogP contribution in [-0.4, -0.2) is 34.8 Å². The third-order valence-electron chi connectivity index (χ3n) is 4.69. The molecule has 1 aliphatic heterocycles. The maximum absolute atomic E-state index is 12.7. The predicted octanol–water partition coefficient (Wildman–Crippen LogP) is 3.61. The molecule has 0 saturated carbocycles. The highest BCUT2D eigenvalue weighted by Gasteiger charge is 2.29. The third kappa shape index (κ3) is 4.16. The van der Waals surface area contributed by atoms with E-state index in [0.717, 1.165) is 12.0 Å². The summed E-state index contributed by atoms with van der Waals surface area (Å²) in [6.45, 7) is 5.53. The van der Waals surface area contributed by atoms with E-state index >= 15 is 0 Å². The van der Waals surface area contributed by atoms with Crippen molar-refractivity contribution in [1.29, 1.82) is 0 Å². The van der Waals surface area contributed by atoms with Gasteiger partial charge in [0.25, 0.3) is 5.91 Å². The van der Waals surface area contributed by atoms with Gasteiger partial charge >= 0.3 is 0 Å². The van der Waals surface area contributed by atoms with Crippen LogP contribution in [0.25, 0.3) is 0 Å². The highest BCUT2D eigenvalue weighted by molar-refractivity contribution is 5.98. The maximum Gasteiger partial charge on any atom is 0.276 e. The van der Waals surface area contributed by atoms with Gasteiger partial charge in [0.2, 0.25) is 0 Å². The largest absolute Gasteiger partial charge is 0.364 e. The van der Waals surface area contributed by atoms with Gasteiger partial charge in [-0.25, -0.2) is 0 Å². The van der Waals surface area contributed by atoms with Crippen LogP contribution in [-0.2, 0) is 6.42 Å². The lowest BCUT2D eigenvalue weighted by molar-refractivity contribution is 0.0642. The van der Waals surface area contributed by atoms with Crippen molar-refractivity contribution in [2.45, 2.75) is 33.1 Å². The molecule has 25 heavy (non-hydrogen) atoms. The number of carbonyl (C=O) groups excluding carboxylic acids is 2. The Bertz CT molecular complexity index is 712. The van der Waals surface area contributed by atoms with E-state index in [1.54, 1.807) is 11.0 Å². The molecular formula is C20H24N2O3. The van der Waals surface area contributed by atoms with E-state index in [1.165, 1.54) is 11.8 Å². The number of aromatic nitrogens is 1. The van der Waals surface area contributed by atoms with Crippen LogP contribution in [0.5, 0.6) is 0 Å². The lowest BCUT2D eigenvalue weighted by Gasteiger charge is -2.30. The number of rotatable bonds is 5. The van der Waals surface area contributed by atoms with Crippen molar-refractivity contribution in [2.75, 3.05) is 13.1 Å². The Kier molecular flexibility index (Phi) is 5.31. The summed E-state index contributed by atoms with van der Waals surface area (Å²) in [6.07, 6.45) is 3.80. The fourth-order valence-electron chi connectivity index (χ4n) is 3.34. The van der Waals surface area contributed by atoms with Gasteiger partial charge < -0.3 is 9.42 Å². The number of piperidine rings is 1. The van der Waals surface area contributed by atoms with Gasteiger partial charge in [-0.3, -0.25) is 9.59 Å². The summed E-state index contributed by atoms with van der Waals surface area (Å²) in [6, 6.07) is 9.55. The van der Waals surface area contributed by atoms with E-state index in [1.807, 2.05) is 12.1 Å². The van der Waals surface area contributed by atoms with Gasteiger partial charge in [0, 0.05) is 30.6 Å². The Hall–Kier alpha value is -2.43. The second kappa shape index (κ2) is 7.64. The number of carbonyl (C=O) groups is 2. The van der Waals surface area contributed by atoms with Crippen LogP contribution in [0.15, 0.2) is 41.1 Å². The molecule has 5 heteroatoms. The van der Waals surface area contributed by atoms with E-state index in [0.29, 0.717) is 37.5 Å². The van der Waals surface area contributed by atoms with E-state index in [9.17, 15) is 9.59 Å². The second-order valence-electron chi connectivity index (χ2n) is 7.11. The number of ketones is 1. The number of Topliss-reactive ketones (excluding diaryl/α,β-unsaturated/α-hetero) is 1. The number of benzene rings is 1. The monoisotopic (exact) mass is 340 g/mol. The topological polar surface area (TPSA) is 63.4 Å². The first-order valence-electron chi connectivity index (χ1n) is 8.87. The van der Waals surface area contributed by atoms with Crippen molar-refractivity contribution >= 4 is 11.7 Å². The fourth-order valence-corrected chi connectivity index (χ4v) is 3.34. The molecule has 2 heterocycles. The summed E-state index contributed by atoms with van der Waals surface area (Å²) in [5.41, 5.74) is 2.36. The highest BCUT2D eigenvalue weighted by Crippen LogP contribution is 2.23. The molecule has 1 fully saturated rings. The van der Waals surface area contributed by atoms with Crippen LogP contribution in [0.1, 0.15) is 53.1 Å². The minimum absolute atomic E-state index is 0.0164. The zero-order valence-electron chi connectivity index (χ0n) is 14.8. The van der Waals surface area contributed by atoms with Crippen LogP contribution in [0.4, 0.5) is 0 Å². The molecule has 0 unspecified atom stereocenters. The smallest absolute Gasteiger partial charge is 0.276 e. The van der Waals surface area contributed by atoms with E-state index in [2.05, 4.69) is 31.1 Å². The van der Waals surface area contributed by atoms with Crippen molar-refractivity contribution in [2.24, 2.45) is 11.8 Å². The van der Waals surface area contributed by atoms with Gasteiger partial charge in [-0.15, -0.1) is 0 Å². The fraction of sp³-hybridized carbons (Fsp3) is 0.450. The third-order valence-corrected chi connectivity index (χ3v) is 4.69. The molecule has 3 rings (SSSR count). The summed E-state index contributed by atoms with van der Waals surface area (Å²) in [5, 5.41) is 3.69. The summed E-state index contributed by atoms with van der Waals surface area (Å²) in [5.74, 6) is 0.646. The van der Waals surface area contributed by atoms with Crippen LogP contribution in [0.3, 0.4) is 0 Å². The number of nitrogens with zero attached hydrogens (tertiary/aromatic N) is 2. The van der Waals surface area contributed by atoms with E-state index in [4.69, 9.17) is 4.52 Å². The predicted molar refractivity (Wildman–Crippen MR) is 94.4 cm³/mol. The number of hydrogen-bond acceptors (Lipinski definition) is 4. The quantitative estimate of drug-likeness (QED) is 0.780. The number of likely N-dealkylation sites (tertiary alicyclic amines) is 1. The van der Waals surface area contributed by atoms with Crippen LogP contribution >= 0.6 is 0 Å². The first kappa shape index (κ1) is 17.4. The summed E-state index contributed by atoms with van der Waals surface area (Å²) in [7, 11) is 0. The molecular weight excluding hydrogens is 316 g/mol. The molecule has 0 bridgehead atoms. The molecule has 1 amide bonds. The molecule has 1 aromatic carbocycles. The van der Waals surface area contributed by atoms with Crippen molar-refractivity contribution in [3.05, 3.63) is 53.4 Å². The van der Waals surface area contributed by atoms with Gasteiger partial charge in [-0.05, 0) is 30.7 Å². The van der Waals surface area contributed by atoms with Crippen LogP contribution in [0.2, 0.25) is 0 Å². The Balaban J connectivity index is 1.57. The average Bonchev–Trinajstić information content (AvgIpc) is 3.15. The standard InChI is InChI=1S/C20H24N2O3/c1-14(2)13-15-3-5-16(6-4-15)19(23)17-7-10-22(11-8-17)20(24)18-9-12-25-21-18/h3-6,9,12,14,17H,7-8,10-11,13H2,1-2H3. The zero-order valence-corrected chi connectivity index (χ0v) is 14.8. The van der Waals surface area contributed by atoms with Crippen molar-refractivity contribution < 1.29 is 14.1 Å². The van der Waals surface area contributed by atoms with Gasteiger partial charge in [-0.2, -0.15) is 0 Å². The lowest BCUT2D eigenvalue weighted by atomic mass is 9.88. The molecule has 0 radical (unpaired) electrons. The lowest BCUT2D eigenvalue weighted by Crippen LogP contribution is -2.40. The number of amides is 1. The Morgan fingerprint density at radius 2 is 1.84 bits per heavy atom. The molecule has 0 atom stereocenters. The molecule has 0 N–H and O–H groups in total. The first-order valence-corrected chi connectivity index (χ1v) is 8.87. The SMILES string of the molecule is CC(C)Cc1ccc(C(=O)C2CCN(C(=O)c3ccon3)CC2)cc1. The maximum atomic E-state index is 12.7. The molecule has 1 aliphatic rings. The molecule has 132 valence electrons. The van der Waals surface area contributed by atoms with Crippen molar-refractivity contribution in [3.63, 3.8) is 0 Å². The molecule has 1 aromatic heterocycles. The van der Waals surface area contributed by atoms with Crippen LogP contribution in [0, 0.1) is 11.8 Å². The highest BCUT2D eigenvalue weighted by atomic mass is 16.5. The Morgan fingerprint density at radius 3 is 2.40 bits per heavy atom. The summed E-state index contributed by atoms with van der Waals surface area (Å²) >= 11 is 0. The zero-order chi connectivity index (χ0) is 17.8. The van der Waals surface area contributed by atoms with Crippen molar-refractivity contribution in [3.8, 4) is 0 Å². The first-order chi connectivity index (χ1) is 12.0. The van der Waals surface area contributed by atoms with Gasteiger partial charge in [0.15, 0.2) is 11.5 Å². The second-order valence-corrected chi connectivity index (χ2v) is 7.11. The van der Waals surface area contributed by atoms with Gasteiger partial charge in [-0.1, -0.05) is 43.3 Å². The minimum atomic E-state index is -0.127. The average molecular weight is 340 g/mol. The summed E-state index contributed by atoms with van der Waals surface area (Å²) < 4.78 is 4.73.